The second-order valence-corrected chi connectivity index (χ2v) is 8.51. The topological polar surface area (TPSA) is 71.0 Å². The highest BCUT2D eigenvalue weighted by atomic mass is 16.5. The summed E-state index contributed by atoms with van der Waals surface area (Å²) in [5.74, 6) is 2.38. The van der Waals surface area contributed by atoms with Gasteiger partial charge in [-0.3, -0.25) is 4.79 Å². The van der Waals surface area contributed by atoms with Gasteiger partial charge in [-0.2, -0.15) is 0 Å². The smallest absolute Gasteiger partial charge is 0.262 e. The molecule has 0 atom stereocenters. The molecule has 2 aromatic carbocycles. The van der Waals surface area contributed by atoms with E-state index in [1.54, 1.807) is 28.4 Å². The number of rotatable bonds is 10. The molecule has 0 radical (unpaired) electrons. The van der Waals surface area contributed by atoms with Crippen LogP contribution in [0.25, 0.3) is 22.0 Å². The number of unbranched alkanes of at least 4 members (excludes halogenated alkanes) is 2. The van der Waals surface area contributed by atoms with Crippen molar-refractivity contribution in [3.05, 3.63) is 45.7 Å². The van der Waals surface area contributed by atoms with Crippen LogP contribution in [-0.2, 0) is 19.5 Å². The number of pyridine rings is 1. The number of aromatic nitrogens is 1. The quantitative estimate of drug-likeness (QED) is 0.443. The molecule has 1 aromatic heterocycles. The third-order valence-corrected chi connectivity index (χ3v) is 6.61. The van der Waals surface area contributed by atoms with Crippen molar-refractivity contribution in [3.8, 4) is 34.3 Å². The van der Waals surface area contributed by atoms with Crippen LogP contribution in [0.4, 0.5) is 0 Å². The van der Waals surface area contributed by atoms with E-state index in [9.17, 15) is 4.79 Å². The Bertz CT molecular complexity index is 1250. The lowest BCUT2D eigenvalue weighted by Crippen LogP contribution is -2.29. The van der Waals surface area contributed by atoms with E-state index in [0.717, 1.165) is 47.2 Å². The van der Waals surface area contributed by atoms with E-state index in [-0.39, 0.29) is 5.56 Å². The van der Waals surface area contributed by atoms with E-state index in [0.29, 0.717) is 41.5 Å². The van der Waals surface area contributed by atoms with Crippen LogP contribution in [0.15, 0.2) is 29.1 Å². The summed E-state index contributed by atoms with van der Waals surface area (Å²) in [6.45, 7) is 4.33. The van der Waals surface area contributed by atoms with Gasteiger partial charge in [-0.15, -0.1) is 0 Å². The molecular formula is C27H34N2O5. The second kappa shape index (κ2) is 10.4. The minimum absolute atomic E-state index is 0.0732. The maximum atomic E-state index is 13.8. The molecule has 1 N–H and O–H groups in total. The number of nitrogens with zero attached hydrogens (tertiary/aromatic N) is 1. The fourth-order valence-electron chi connectivity index (χ4n) is 4.91. The molecule has 182 valence electrons. The summed E-state index contributed by atoms with van der Waals surface area (Å²) in [4.78, 5) is 13.8. The van der Waals surface area contributed by atoms with E-state index < -0.39 is 0 Å². The number of fused-ring (bicyclic) bond motifs is 4. The van der Waals surface area contributed by atoms with Gasteiger partial charge in [0.2, 0.25) is 0 Å². The Morgan fingerprint density at radius 1 is 0.941 bits per heavy atom. The van der Waals surface area contributed by atoms with Gasteiger partial charge < -0.3 is 28.8 Å². The average molecular weight is 467 g/mol. The van der Waals surface area contributed by atoms with Crippen molar-refractivity contribution in [1.29, 1.82) is 0 Å². The van der Waals surface area contributed by atoms with Gasteiger partial charge in [0.1, 0.15) is 0 Å². The fourth-order valence-corrected chi connectivity index (χ4v) is 4.91. The van der Waals surface area contributed by atoms with Gasteiger partial charge in [0.15, 0.2) is 23.0 Å². The first kappa shape index (κ1) is 24.0. The van der Waals surface area contributed by atoms with E-state index in [1.165, 1.54) is 12.8 Å². The monoisotopic (exact) mass is 466 g/mol. The summed E-state index contributed by atoms with van der Waals surface area (Å²) in [5.41, 5.74) is 4.07. The SMILES string of the molecule is CCCCCNCc1c2n(c(=O)c3c(OC)c(OC)ccc13)CCc1cc(OC)c(OC)cc1-2. The first-order valence-electron chi connectivity index (χ1n) is 11.9. The molecule has 34 heavy (non-hydrogen) atoms. The van der Waals surface area contributed by atoms with Crippen molar-refractivity contribution < 1.29 is 18.9 Å². The first-order chi connectivity index (χ1) is 16.6. The Morgan fingerprint density at radius 3 is 2.35 bits per heavy atom. The zero-order chi connectivity index (χ0) is 24.2. The van der Waals surface area contributed by atoms with Crippen LogP contribution in [0.5, 0.6) is 23.0 Å². The average Bonchev–Trinajstić information content (AvgIpc) is 2.87. The molecule has 0 aliphatic carbocycles. The number of ether oxygens (including phenoxy) is 4. The molecule has 0 unspecified atom stereocenters. The van der Waals surface area contributed by atoms with E-state index in [1.807, 2.05) is 28.8 Å². The third kappa shape index (κ3) is 4.09. The Hall–Kier alpha value is -3.19. The molecule has 2 heterocycles. The van der Waals surface area contributed by atoms with Gasteiger partial charge in [0.05, 0.1) is 39.5 Å². The lowest BCUT2D eigenvalue weighted by Gasteiger charge is -2.27. The Balaban J connectivity index is 1.99. The number of nitrogens with one attached hydrogen (secondary N) is 1. The summed E-state index contributed by atoms with van der Waals surface area (Å²) in [5, 5.41) is 5.03. The largest absolute Gasteiger partial charge is 0.493 e. The number of aryl methyl sites for hydroxylation is 1. The van der Waals surface area contributed by atoms with Crippen molar-refractivity contribution in [2.24, 2.45) is 0 Å². The highest BCUT2D eigenvalue weighted by Gasteiger charge is 2.27. The summed E-state index contributed by atoms with van der Waals surface area (Å²) in [6.07, 6.45) is 4.20. The number of hydrogen-bond acceptors (Lipinski definition) is 6. The number of hydrogen-bond donors (Lipinski definition) is 1. The Morgan fingerprint density at radius 2 is 1.68 bits per heavy atom. The van der Waals surface area contributed by atoms with Crippen LogP contribution < -0.4 is 29.8 Å². The molecule has 7 heteroatoms. The molecule has 0 bridgehead atoms. The number of methoxy groups -OCH3 is 4. The maximum absolute atomic E-state index is 13.8. The highest BCUT2D eigenvalue weighted by molar-refractivity contribution is 5.96. The molecule has 4 rings (SSSR count). The van der Waals surface area contributed by atoms with Crippen LogP contribution in [0.3, 0.4) is 0 Å². The maximum Gasteiger partial charge on any atom is 0.262 e. The zero-order valence-corrected chi connectivity index (χ0v) is 20.7. The molecule has 0 spiro atoms. The van der Waals surface area contributed by atoms with Gasteiger partial charge in [-0.1, -0.05) is 19.8 Å². The third-order valence-electron chi connectivity index (χ3n) is 6.61. The summed E-state index contributed by atoms with van der Waals surface area (Å²) in [6, 6.07) is 7.86. The molecular weight excluding hydrogens is 432 g/mol. The van der Waals surface area contributed by atoms with Crippen LogP contribution in [0.1, 0.15) is 37.3 Å². The summed E-state index contributed by atoms with van der Waals surface area (Å²) in [7, 11) is 6.44. The Kier molecular flexibility index (Phi) is 7.32. The Labute approximate surface area is 200 Å². The summed E-state index contributed by atoms with van der Waals surface area (Å²) >= 11 is 0. The highest BCUT2D eigenvalue weighted by Crippen LogP contribution is 2.43. The van der Waals surface area contributed by atoms with Crippen molar-refractivity contribution in [2.45, 2.75) is 45.7 Å². The van der Waals surface area contributed by atoms with Crippen molar-refractivity contribution in [2.75, 3.05) is 35.0 Å². The normalized spacial score (nSPS) is 12.3. The van der Waals surface area contributed by atoms with Crippen molar-refractivity contribution in [3.63, 3.8) is 0 Å². The second-order valence-electron chi connectivity index (χ2n) is 8.51. The van der Waals surface area contributed by atoms with E-state index in [2.05, 4.69) is 12.2 Å². The zero-order valence-electron chi connectivity index (χ0n) is 20.7. The first-order valence-corrected chi connectivity index (χ1v) is 11.9. The standard InChI is InChI=1S/C27H34N2O5/c1-6-7-8-12-28-16-20-18-9-10-21(31-2)26(34-5)24(18)27(30)29-13-11-17-14-22(32-3)23(33-4)15-19(17)25(20)29/h9-10,14-15,28H,6-8,11-13,16H2,1-5H3. The molecule has 1 aliphatic rings. The predicted molar refractivity (Wildman–Crippen MR) is 135 cm³/mol. The van der Waals surface area contributed by atoms with Crippen LogP contribution >= 0.6 is 0 Å². The lowest BCUT2D eigenvalue weighted by molar-refractivity contribution is 0.354. The molecule has 0 saturated carbocycles. The minimum Gasteiger partial charge on any atom is -0.493 e. The van der Waals surface area contributed by atoms with Crippen LogP contribution in [0.2, 0.25) is 0 Å². The van der Waals surface area contributed by atoms with E-state index in [4.69, 9.17) is 18.9 Å². The molecule has 1 aliphatic heterocycles. The van der Waals surface area contributed by atoms with Gasteiger partial charge in [-0.25, -0.2) is 0 Å². The molecule has 0 saturated heterocycles. The van der Waals surface area contributed by atoms with Gasteiger partial charge in [0, 0.05) is 18.7 Å². The van der Waals surface area contributed by atoms with Crippen LogP contribution in [0, 0.1) is 0 Å². The predicted octanol–water partition coefficient (Wildman–Crippen LogP) is 4.54. The molecule has 0 fully saturated rings. The van der Waals surface area contributed by atoms with E-state index >= 15 is 0 Å². The van der Waals surface area contributed by atoms with Crippen molar-refractivity contribution >= 4 is 10.8 Å². The van der Waals surface area contributed by atoms with Crippen molar-refractivity contribution in [1.82, 2.24) is 9.88 Å². The van der Waals surface area contributed by atoms with Gasteiger partial charge >= 0.3 is 0 Å². The molecule has 7 nitrogen and oxygen atoms in total. The van der Waals surface area contributed by atoms with Gasteiger partial charge in [-0.05, 0) is 60.2 Å². The van der Waals surface area contributed by atoms with Crippen LogP contribution in [-0.4, -0.2) is 39.6 Å². The lowest BCUT2D eigenvalue weighted by atomic mass is 9.90. The summed E-state index contributed by atoms with van der Waals surface area (Å²) < 4.78 is 24.2. The molecule has 3 aromatic rings. The minimum atomic E-state index is -0.0732. The number of benzene rings is 2. The fraction of sp³-hybridized carbons (Fsp3) is 0.444. The molecule has 0 amide bonds. The van der Waals surface area contributed by atoms with Gasteiger partial charge in [0.25, 0.3) is 5.56 Å².